The van der Waals surface area contributed by atoms with Crippen molar-refractivity contribution >= 4 is 11.6 Å². The first kappa shape index (κ1) is 14.4. The lowest BCUT2D eigenvalue weighted by Gasteiger charge is -2.45. The van der Waals surface area contributed by atoms with E-state index in [4.69, 9.17) is 0 Å². The summed E-state index contributed by atoms with van der Waals surface area (Å²) >= 11 is 0. The molecule has 2 aromatic rings. The summed E-state index contributed by atoms with van der Waals surface area (Å²) in [6.07, 6.45) is 6.66. The number of nitrogens with one attached hydrogen (secondary N) is 2. The van der Waals surface area contributed by atoms with Gasteiger partial charge < -0.3 is 15.2 Å². The SMILES string of the molecule is CC(=O)NCC1CCC2(CC1)Nc1ccccc1-n1cccc12. The van der Waals surface area contributed by atoms with Crippen molar-refractivity contribution < 1.29 is 4.79 Å². The zero-order chi connectivity index (χ0) is 15.9. The van der Waals surface area contributed by atoms with Crippen LogP contribution in [0.2, 0.25) is 0 Å². The van der Waals surface area contributed by atoms with Gasteiger partial charge in [-0.2, -0.15) is 0 Å². The van der Waals surface area contributed by atoms with E-state index in [1.165, 1.54) is 17.1 Å². The van der Waals surface area contributed by atoms with Gasteiger partial charge in [0.05, 0.1) is 16.9 Å². The van der Waals surface area contributed by atoms with Gasteiger partial charge in [0.1, 0.15) is 0 Å². The van der Waals surface area contributed by atoms with Gasteiger partial charge >= 0.3 is 0 Å². The number of carbonyl (C=O) groups is 1. The van der Waals surface area contributed by atoms with E-state index in [9.17, 15) is 4.79 Å². The van der Waals surface area contributed by atoms with E-state index in [1.807, 2.05) is 0 Å². The van der Waals surface area contributed by atoms with Crippen LogP contribution in [0, 0.1) is 5.92 Å². The van der Waals surface area contributed by atoms with Crippen molar-refractivity contribution in [2.45, 2.75) is 38.1 Å². The molecule has 23 heavy (non-hydrogen) atoms. The number of nitrogens with zero attached hydrogens (tertiary/aromatic N) is 1. The highest BCUT2D eigenvalue weighted by atomic mass is 16.1. The lowest BCUT2D eigenvalue weighted by Crippen LogP contribution is -2.44. The number of rotatable bonds is 2. The molecule has 2 heterocycles. The summed E-state index contributed by atoms with van der Waals surface area (Å²) in [4.78, 5) is 11.1. The minimum absolute atomic E-state index is 0.0323. The fraction of sp³-hybridized carbons (Fsp3) is 0.421. The topological polar surface area (TPSA) is 46.1 Å². The average Bonchev–Trinajstić information content (AvgIpc) is 3.05. The molecule has 0 atom stereocenters. The molecule has 2 N–H and O–H groups in total. The molecule has 0 bridgehead atoms. The smallest absolute Gasteiger partial charge is 0.216 e. The third kappa shape index (κ3) is 2.42. The van der Waals surface area contributed by atoms with Crippen LogP contribution in [0.25, 0.3) is 5.69 Å². The van der Waals surface area contributed by atoms with Gasteiger partial charge in [-0.1, -0.05) is 12.1 Å². The van der Waals surface area contributed by atoms with Crippen molar-refractivity contribution in [2.24, 2.45) is 5.92 Å². The second-order valence-corrected chi connectivity index (χ2v) is 6.87. The predicted molar refractivity (Wildman–Crippen MR) is 91.7 cm³/mol. The molecule has 1 amide bonds. The van der Waals surface area contributed by atoms with Gasteiger partial charge in [-0.25, -0.2) is 0 Å². The molecule has 1 saturated carbocycles. The van der Waals surface area contributed by atoms with Crippen LogP contribution < -0.4 is 10.6 Å². The summed E-state index contributed by atoms with van der Waals surface area (Å²) in [7, 11) is 0. The number of aromatic nitrogens is 1. The fourth-order valence-corrected chi connectivity index (χ4v) is 4.14. The summed E-state index contributed by atoms with van der Waals surface area (Å²) in [6, 6.07) is 12.9. The molecular formula is C19H23N3O. The fourth-order valence-electron chi connectivity index (χ4n) is 4.14. The Labute approximate surface area is 136 Å². The van der Waals surface area contributed by atoms with Crippen LogP contribution in [0.1, 0.15) is 38.3 Å². The minimum Gasteiger partial charge on any atom is -0.372 e. The van der Waals surface area contributed by atoms with Crippen LogP contribution in [-0.2, 0) is 10.3 Å². The highest BCUT2D eigenvalue weighted by Crippen LogP contribution is 2.46. The summed E-state index contributed by atoms with van der Waals surface area (Å²) in [5.74, 6) is 0.663. The van der Waals surface area contributed by atoms with Crippen LogP contribution in [-0.4, -0.2) is 17.0 Å². The Morgan fingerprint density at radius 3 is 2.83 bits per heavy atom. The minimum atomic E-state index is 0.0323. The van der Waals surface area contributed by atoms with E-state index in [2.05, 4.69) is 57.8 Å². The van der Waals surface area contributed by atoms with Crippen LogP contribution >= 0.6 is 0 Å². The predicted octanol–water partition coefficient (Wildman–Crippen LogP) is 3.42. The molecule has 1 aromatic carbocycles. The Morgan fingerprint density at radius 1 is 1.26 bits per heavy atom. The molecular weight excluding hydrogens is 286 g/mol. The first-order chi connectivity index (χ1) is 11.2. The molecule has 0 unspecified atom stereocenters. The second-order valence-electron chi connectivity index (χ2n) is 6.87. The lowest BCUT2D eigenvalue weighted by atomic mass is 9.73. The molecule has 1 spiro atoms. The molecule has 0 saturated heterocycles. The molecule has 0 radical (unpaired) electrons. The van der Waals surface area contributed by atoms with E-state index in [-0.39, 0.29) is 11.4 Å². The van der Waals surface area contributed by atoms with Crippen molar-refractivity contribution in [1.29, 1.82) is 0 Å². The van der Waals surface area contributed by atoms with E-state index < -0.39 is 0 Å². The van der Waals surface area contributed by atoms with Crippen molar-refractivity contribution in [2.75, 3.05) is 11.9 Å². The number of fused-ring (bicyclic) bond motifs is 4. The highest BCUT2D eigenvalue weighted by molar-refractivity contribution is 5.72. The molecule has 4 heteroatoms. The third-order valence-corrected chi connectivity index (χ3v) is 5.38. The summed E-state index contributed by atoms with van der Waals surface area (Å²) in [5, 5.41) is 6.80. The zero-order valence-electron chi connectivity index (χ0n) is 13.5. The molecule has 1 fully saturated rings. The Hall–Kier alpha value is -2.23. The largest absolute Gasteiger partial charge is 0.372 e. The molecule has 1 aromatic heterocycles. The number of hydrogen-bond donors (Lipinski definition) is 2. The van der Waals surface area contributed by atoms with Gasteiger partial charge in [-0.3, -0.25) is 4.79 Å². The number of para-hydroxylation sites is 2. The average molecular weight is 309 g/mol. The lowest BCUT2D eigenvalue weighted by molar-refractivity contribution is -0.119. The molecule has 120 valence electrons. The summed E-state index contributed by atoms with van der Waals surface area (Å²) in [6.45, 7) is 2.40. The Morgan fingerprint density at radius 2 is 2.04 bits per heavy atom. The molecule has 4 nitrogen and oxygen atoms in total. The molecule has 1 aliphatic carbocycles. The molecule has 4 rings (SSSR count). The first-order valence-corrected chi connectivity index (χ1v) is 8.48. The van der Waals surface area contributed by atoms with E-state index in [1.54, 1.807) is 6.92 Å². The second kappa shape index (κ2) is 5.44. The molecule has 1 aliphatic heterocycles. The summed E-state index contributed by atoms with van der Waals surface area (Å²) in [5.41, 5.74) is 3.86. The van der Waals surface area contributed by atoms with Gasteiger partial charge in [-0.15, -0.1) is 0 Å². The third-order valence-electron chi connectivity index (χ3n) is 5.38. The normalized spacial score (nSPS) is 25.3. The van der Waals surface area contributed by atoms with E-state index in [0.717, 1.165) is 32.2 Å². The van der Waals surface area contributed by atoms with Crippen LogP contribution in [0.15, 0.2) is 42.6 Å². The van der Waals surface area contributed by atoms with Crippen molar-refractivity contribution in [3.63, 3.8) is 0 Å². The highest BCUT2D eigenvalue weighted by Gasteiger charge is 2.41. The van der Waals surface area contributed by atoms with Crippen LogP contribution in [0.4, 0.5) is 5.69 Å². The quantitative estimate of drug-likeness (QED) is 0.893. The maximum Gasteiger partial charge on any atom is 0.216 e. The monoisotopic (exact) mass is 309 g/mol. The van der Waals surface area contributed by atoms with E-state index >= 15 is 0 Å². The number of carbonyl (C=O) groups excluding carboxylic acids is 1. The Balaban J connectivity index is 1.58. The zero-order valence-corrected chi connectivity index (χ0v) is 13.5. The Bertz CT molecular complexity index is 726. The number of anilines is 1. The van der Waals surface area contributed by atoms with Crippen molar-refractivity contribution in [3.8, 4) is 5.69 Å². The number of amides is 1. The maximum absolute atomic E-state index is 11.1. The summed E-state index contributed by atoms with van der Waals surface area (Å²) < 4.78 is 2.33. The van der Waals surface area contributed by atoms with Gasteiger partial charge in [0, 0.05) is 25.4 Å². The number of hydrogen-bond acceptors (Lipinski definition) is 2. The number of benzene rings is 1. The van der Waals surface area contributed by atoms with Gasteiger partial charge in [-0.05, 0) is 55.9 Å². The molecule has 2 aliphatic rings. The van der Waals surface area contributed by atoms with Gasteiger partial charge in [0.2, 0.25) is 5.91 Å². The maximum atomic E-state index is 11.1. The van der Waals surface area contributed by atoms with Crippen molar-refractivity contribution in [3.05, 3.63) is 48.3 Å². The first-order valence-electron chi connectivity index (χ1n) is 8.48. The van der Waals surface area contributed by atoms with Crippen LogP contribution in [0.3, 0.4) is 0 Å². The van der Waals surface area contributed by atoms with Crippen LogP contribution in [0.5, 0.6) is 0 Å². The Kier molecular flexibility index (Phi) is 3.40. The van der Waals surface area contributed by atoms with Gasteiger partial charge in [0.25, 0.3) is 0 Å². The van der Waals surface area contributed by atoms with E-state index in [0.29, 0.717) is 5.92 Å². The van der Waals surface area contributed by atoms with Crippen molar-refractivity contribution in [1.82, 2.24) is 9.88 Å². The van der Waals surface area contributed by atoms with Gasteiger partial charge in [0.15, 0.2) is 0 Å². The standard InChI is InChI=1S/C19H23N3O/c1-14(23)20-13-15-8-10-19(11-9-15)18-7-4-12-22(18)17-6-3-2-5-16(17)21-19/h2-7,12,15,21H,8-11,13H2,1H3,(H,20,23).